The van der Waals surface area contributed by atoms with Crippen molar-refractivity contribution in [3.63, 3.8) is 0 Å². The van der Waals surface area contributed by atoms with Crippen molar-refractivity contribution in [2.24, 2.45) is 0 Å². The summed E-state index contributed by atoms with van der Waals surface area (Å²) in [6.07, 6.45) is -0.572. The topological polar surface area (TPSA) is 50.9 Å². The van der Waals surface area contributed by atoms with Crippen LogP contribution in [0.25, 0.3) is 83.9 Å². The predicted octanol–water partition coefficient (Wildman–Crippen LogP) is 17.3. The van der Waals surface area contributed by atoms with E-state index in [-0.39, 0.29) is 50.5 Å². The van der Waals surface area contributed by atoms with Gasteiger partial charge in [0, 0.05) is 29.7 Å². The first-order chi connectivity index (χ1) is 37.1. The standard InChI is InChI=1S/C63H63N3O/c1-39(2)46-35-52(40(3)4)60(67)55(36-46)61-65-59-51(47-32-48(34-50(33-47)63(9,10)11)56-37-45(29-30-64-56)42-19-14-12-15-20-42)23-18-24-57(59)66(61)58-31-41(5)53(38-54(58)43-21-16-13-17-22-43)44-25-27-49(28-26-44)62(6,7)8/h12-40,67H,1-11H3/i5D3,12D,14D,15D,19D,20D,29D,30D,37D,39D,40D. The Morgan fingerprint density at radius 2 is 1.30 bits per heavy atom. The third-order valence-electron chi connectivity index (χ3n) is 12.4. The molecule has 0 radical (unpaired) electrons. The molecule has 0 atom stereocenters. The molecule has 2 aromatic heterocycles. The smallest absolute Gasteiger partial charge is 0.149 e. The number of aryl methyl sites for hydroxylation is 1. The quantitative estimate of drug-likeness (QED) is 0.157. The maximum absolute atomic E-state index is 12.6. The van der Waals surface area contributed by atoms with Crippen molar-refractivity contribution >= 4 is 11.0 Å². The predicted molar refractivity (Wildman–Crippen MR) is 283 cm³/mol. The van der Waals surface area contributed by atoms with Crippen molar-refractivity contribution in [2.75, 3.05) is 0 Å². The third-order valence-corrected chi connectivity index (χ3v) is 12.4. The number of fused-ring (bicyclic) bond motifs is 1. The summed E-state index contributed by atoms with van der Waals surface area (Å²) in [5.74, 6) is -2.63. The molecule has 0 spiro atoms. The molecule has 1 N–H and O–H groups in total. The van der Waals surface area contributed by atoms with Gasteiger partial charge in [-0.15, -0.1) is 0 Å². The molecular weight excluding hydrogens is 815 g/mol. The first kappa shape index (κ1) is 31.8. The minimum absolute atomic E-state index is 0.0644. The number of imidazole rings is 1. The highest BCUT2D eigenvalue weighted by Crippen LogP contribution is 2.45. The second-order valence-corrected chi connectivity index (χ2v) is 19.7. The van der Waals surface area contributed by atoms with Gasteiger partial charge in [0.05, 0.1) is 38.9 Å². The Morgan fingerprint density at radius 3 is 1.97 bits per heavy atom. The Labute approximate surface area is 416 Å². The maximum Gasteiger partial charge on any atom is 0.149 e. The van der Waals surface area contributed by atoms with Gasteiger partial charge in [-0.25, -0.2) is 4.98 Å². The highest BCUT2D eigenvalue weighted by molar-refractivity contribution is 5.98. The zero-order valence-corrected chi connectivity index (χ0v) is 39.8. The molecule has 0 saturated heterocycles. The number of nitrogens with zero attached hydrogens (tertiary/aromatic N) is 3. The van der Waals surface area contributed by atoms with Gasteiger partial charge in [0.1, 0.15) is 11.6 Å². The zero-order chi connectivity index (χ0) is 58.7. The number of hydrogen-bond donors (Lipinski definition) is 1. The van der Waals surface area contributed by atoms with E-state index >= 15 is 0 Å². The largest absolute Gasteiger partial charge is 0.507 e. The number of aromatic nitrogens is 3. The molecular formula is C63H63N3O. The SMILES string of the molecule is [2H]c1nc(-c2cc(-c3cccc4c3nc(-c3cc(C([2H])(C)C)cc(C([2H])(C)C)c3O)n4-c3cc(C([2H])([2H])[2H])c(-c4ccc(C(C)(C)C)cc4)cc3-c3ccccc3)cc(C(C)(C)C)c2)c([2H])c(-c2c([2H])c([2H])c([2H])c([2H])c2[2H])c1[2H]. The number of phenols is 1. The first-order valence-electron chi connectivity index (χ1n) is 29.1. The average molecular weight is 891 g/mol. The van der Waals surface area contributed by atoms with Gasteiger partial charge >= 0.3 is 0 Å². The van der Waals surface area contributed by atoms with Crippen molar-refractivity contribution in [3.8, 4) is 78.6 Å². The van der Waals surface area contributed by atoms with Gasteiger partial charge in [-0.05, 0) is 139 Å². The van der Waals surface area contributed by atoms with Crippen LogP contribution in [0.2, 0.25) is 0 Å². The minimum Gasteiger partial charge on any atom is -0.507 e. The van der Waals surface area contributed by atoms with Crippen LogP contribution in [-0.4, -0.2) is 19.6 Å². The van der Waals surface area contributed by atoms with Crippen LogP contribution in [0.4, 0.5) is 0 Å². The lowest BCUT2D eigenvalue weighted by molar-refractivity contribution is 0.466. The van der Waals surface area contributed by atoms with Gasteiger partial charge in [-0.2, -0.15) is 0 Å². The number of hydrogen-bond acceptors (Lipinski definition) is 3. The fourth-order valence-corrected chi connectivity index (χ4v) is 8.55. The van der Waals surface area contributed by atoms with E-state index in [4.69, 9.17) is 18.7 Å². The van der Waals surface area contributed by atoms with Crippen LogP contribution in [0.5, 0.6) is 5.75 Å². The molecule has 0 aliphatic rings. The van der Waals surface area contributed by atoms with E-state index in [0.717, 1.165) is 16.7 Å². The van der Waals surface area contributed by atoms with Gasteiger partial charge in [0.25, 0.3) is 0 Å². The van der Waals surface area contributed by atoms with Crippen LogP contribution in [0.15, 0.2) is 164 Å². The normalized spacial score (nSPS) is 15.4. The van der Waals surface area contributed by atoms with Gasteiger partial charge in [0.15, 0.2) is 0 Å². The van der Waals surface area contributed by atoms with Crippen LogP contribution in [0, 0.1) is 6.85 Å². The Bertz CT molecular complexity index is 3920. The maximum atomic E-state index is 12.6. The molecule has 2 heterocycles. The van der Waals surface area contributed by atoms with E-state index in [1.165, 1.54) is 0 Å². The molecule has 0 unspecified atom stereocenters. The van der Waals surface area contributed by atoms with E-state index in [9.17, 15) is 9.22 Å². The van der Waals surface area contributed by atoms with Crippen LogP contribution in [-0.2, 0) is 10.8 Å². The van der Waals surface area contributed by atoms with Crippen molar-refractivity contribution in [1.29, 1.82) is 0 Å². The highest BCUT2D eigenvalue weighted by atomic mass is 16.3. The van der Waals surface area contributed by atoms with Crippen molar-refractivity contribution < 1.29 is 22.9 Å². The molecule has 4 heteroatoms. The molecule has 0 bridgehead atoms. The Balaban J connectivity index is 1.42. The summed E-state index contributed by atoms with van der Waals surface area (Å²) in [5.41, 5.74) is 6.71. The summed E-state index contributed by atoms with van der Waals surface area (Å²) >= 11 is 0. The summed E-state index contributed by atoms with van der Waals surface area (Å²) in [6.45, 7) is 16.5. The monoisotopic (exact) mass is 891 g/mol. The van der Waals surface area contributed by atoms with Gasteiger partial charge in [-0.1, -0.05) is 178 Å². The first-order valence-corrected chi connectivity index (χ1v) is 22.6. The molecule has 0 fully saturated rings. The number of pyridine rings is 1. The summed E-state index contributed by atoms with van der Waals surface area (Å²) < 4.78 is 118. The summed E-state index contributed by atoms with van der Waals surface area (Å²) in [6, 6.07) is 31.4. The molecule has 0 aliphatic carbocycles. The lowest BCUT2D eigenvalue weighted by Gasteiger charge is -2.22. The fraction of sp³-hybridized carbons (Fsp3) is 0.238. The van der Waals surface area contributed by atoms with Gasteiger partial charge in [-0.3, -0.25) is 9.55 Å². The van der Waals surface area contributed by atoms with Crippen LogP contribution < -0.4 is 0 Å². The zero-order valence-electron chi connectivity index (χ0n) is 52.8. The molecule has 7 aromatic carbocycles. The number of rotatable bonds is 9. The summed E-state index contributed by atoms with van der Waals surface area (Å²) in [5, 5.41) is 12.6. The molecule has 9 aromatic rings. The summed E-state index contributed by atoms with van der Waals surface area (Å²) in [7, 11) is 0. The van der Waals surface area contributed by atoms with Crippen LogP contribution in [0.3, 0.4) is 0 Å². The minimum atomic E-state index is -2.64. The lowest BCUT2D eigenvalue weighted by atomic mass is 9.83. The van der Waals surface area contributed by atoms with E-state index in [2.05, 4.69) is 25.8 Å². The third kappa shape index (κ3) is 8.86. The fourth-order valence-electron chi connectivity index (χ4n) is 8.55. The second kappa shape index (κ2) is 17.6. The van der Waals surface area contributed by atoms with Gasteiger partial charge in [0.2, 0.25) is 0 Å². The second-order valence-electron chi connectivity index (χ2n) is 19.7. The van der Waals surface area contributed by atoms with Crippen molar-refractivity contribution in [2.45, 2.75) is 98.7 Å². The van der Waals surface area contributed by atoms with Crippen LogP contribution in [0.1, 0.15) is 127 Å². The molecule has 0 saturated carbocycles. The molecule has 336 valence electrons. The number of para-hydroxylation sites is 1. The number of aromatic hydroxyl groups is 1. The molecule has 4 nitrogen and oxygen atoms in total. The van der Waals surface area contributed by atoms with Crippen LogP contribution >= 0.6 is 0 Å². The molecule has 9 rings (SSSR count). The Morgan fingerprint density at radius 1 is 0.597 bits per heavy atom. The average Bonchev–Trinajstić information content (AvgIpc) is 3.77. The molecule has 0 amide bonds. The van der Waals surface area contributed by atoms with E-state index in [1.807, 2.05) is 116 Å². The number of phenolic OH excluding ortho intramolecular Hbond substituents is 1. The van der Waals surface area contributed by atoms with Crippen molar-refractivity contribution in [3.05, 3.63) is 192 Å². The molecule has 67 heavy (non-hydrogen) atoms. The van der Waals surface area contributed by atoms with E-state index in [0.29, 0.717) is 55.7 Å². The lowest BCUT2D eigenvalue weighted by Crippen LogP contribution is -2.11. The Hall–Kier alpha value is -7.04. The molecule has 0 aliphatic heterocycles. The van der Waals surface area contributed by atoms with Gasteiger partial charge < -0.3 is 5.11 Å². The number of benzene rings is 7. The Kier molecular flexibility index (Phi) is 8.37. The summed E-state index contributed by atoms with van der Waals surface area (Å²) in [4.78, 5) is 9.92. The van der Waals surface area contributed by atoms with E-state index < -0.39 is 72.5 Å². The van der Waals surface area contributed by atoms with E-state index in [1.54, 1.807) is 52.0 Å². The highest BCUT2D eigenvalue weighted by Gasteiger charge is 2.27. The van der Waals surface area contributed by atoms with Crippen molar-refractivity contribution in [1.82, 2.24) is 14.5 Å².